The maximum absolute atomic E-state index is 10.7. The highest BCUT2D eigenvalue weighted by Gasteiger charge is 2.09. The van der Waals surface area contributed by atoms with Crippen LogP contribution < -0.4 is 0 Å². The lowest BCUT2D eigenvalue weighted by molar-refractivity contribution is 0.0696. The van der Waals surface area contributed by atoms with E-state index in [1.165, 1.54) is 0 Å². The van der Waals surface area contributed by atoms with Crippen LogP contribution in [0.1, 0.15) is 26.4 Å². The highest BCUT2D eigenvalue weighted by atomic mass is 16.4. The van der Waals surface area contributed by atoms with E-state index in [4.69, 9.17) is 5.11 Å². The molecule has 2 rings (SSSR count). The third-order valence-electron chi connectivity index (χ3n) is 2.74. The van der Waals surface area contributed by atoms with Crippen LogP contribution in [0, 0.1) is 6.92 Å². The second-order valence-corrected chi connectivity index (χ2v) is 3.74. The zero-order chi connectivity index (χ0) is 12.4. The van der Waals surface area contributed by atoms with Crippen molar-refractivity contribution in [2.24, 2.45) is 0 Å². The Morgan fingerprint density at radius 1 is 1.29 bits per heavy atom. The van der Waals surface area contributed by atoms with Crippen LogP contribution >= 0.6 is 0 Å². The van der Waals surface area contributed by atoms with Crippen LogP contribution in [0.4, 0.5) is 0 Å². The molecule has 0 spiro atoms. The first-order valence-corrected chi connectivity index (χ1v) is 5.10. The molecule has 0 unspecified atom stereocenters. The van der Waals surface area contributed by atoms with Crippen molar-refractivity contribution in [3.05, 3.63) is 47.3 Å². The Hall–Kier alpha value is -2.36. The Bertz CT molecular complexity index is 567. The van der Waals surface area contributed by atoms with Crippen LogP contribution in [-0.2, 0) is 0 Å². The molecule has 0 atom stereocenters. The van der Waals surface area contributed by atoms with Gasteiger partial charge in [-0.05, 0) is 30.2 Å². The van der Waals surface area contributed by atoms with Gasteiger partial charge in [0.05, 0.1) is 11.3 Å². The SMILES string of the molecule is Cc1c(-c2ccc(C(=O)O)cc2)c[nH]c1C=O. The fraction of sp³-hybridized carbons (Fsp3) is 0.0769. The first kappa shape index (κ1) is 11.1. The van der Waals surface area contributed by atoms with E-state index in [1.54, 1.807) is 30.5 Å². The molecule has 1 aromatic heterocycles. The smallest absolute Gasteiger partial charge is 0.335 e. The van der Waals surface area contributed by atoms with Crippen molar-refractivity contribution in [1.82, 2.24) is 4.98 Å². The number of rotatable bonds is 3. The van der Waals surface area contributed by atoms with Gasteiger partial charge < -0.3 is 10.1 Å². The Balaban J connectivity index is 2.43. The number of aromatic amines is 1. The number of benzene rings is 1. The Morgan fingerprint density at radius 3 is 2.41 bits per heavy atom. The van der Waals surface area contributed by atoms with Gasteiger partial charge >= 0.3 is 5.97 Å². The molecule has 4 nitrogen and oxygen atoms in total. The highest BCUT2D eigenvalue weighted by molar-refractivity contribution is 5.88. The zero-order valence-corrected chi connectivity index (χ0v) is 9.23. The van der Waals surface area contributed by atoms with Crippen LogP contribution in [0.5, 0.6) is 0 Å². The molecule has 17 heavy (non-hydrogen) atoms. The molecule has 1 heterocycles. The molecule has 1 aromatic carbocycles. The quantitative estimate of drug-likeness (QED) is 0.794. The van der Waals surface area contributed by atoms with Gasteiger partial charge in [-0.2, -0.15) is 0 Å². The minimum Gasteiger partial charge on any atom is -0.478 e. The largest absolute Gasteiger partial charge is 0.478 e. The summed E-state index contributed by atoms with van der Waals surface area (Å²) in [5, 5.41) is 8.79. The number of hydrogen-bond donors (Lipinski definition) is 2. The van der Waals surface area contributed by atoms with E-state index in [0.717, 1.165) is 23.0 Å². The van der Waals surface area contributed by atoms with Gasteiger partial charge in [-0.3, -0.25) is 4.79 Å². The maximum Gasteiger partial charge on any atom is 0.335 e. The minimum absolute atomic E-state index is 0.248. The van der Waals surface area contributed by atoms with Crippen LogP contribution in [-0.4, -0.2) is 22.3 Å². The van der Waals surface area contributed by atoms with E-state index in [0.29, 0.717) is 5.69 Å². The summed E-state index contributed by atoms with van der Waals surface area (Å²) in [6.45, 7) is 1.85. The van der Waals surface area contributed by atoms with Crippen molar-refractivity contribution in [3.8, 4) is 11.1 Å². The Kier molecular flexibility index (Phi) is 2.78. The molecule has 0 amide bonds. The molecule has 0 aliphatic carbocycles. The van der Waals surface area contributed by atoms with E-state index in [9.17, 15) is 9.59 Å². The molecule has 0 saturated heterocycles. The lowest BCUT2D eigenvalue weighted by Crippen LogP contribution is -1.95. The maximum atomic E-state index is 10.7. The van der Waals surface area contributed by atoms with E-state index < -0.39 is 5.97 Å². The van der Waals surface area contributed by atoms with E-state index in [1.807, 2.05) is 6.92 Å². The summed E-state index contributed by atoms with van der Waals surface area (Å²) in [7, 11) is 0. The summed E-state index contributed by atoms with van der Waals surface area (Å²) < 4.78 is 0. The normalized spacial score (nSPS) is 10.2. The van der Waals surface area contributed by atoms with Crippen molar-refractivity contribution in [2.75, 3.05) is 0 Å². The Labute approximate surface area is 97.9 Å². The van der Waals surface area contributed by atoms with Crippen LogP contribution in [0.2, 0.25) is 0 Å². The number of carboxylic acid groups (broad SMARTS) is 1. The summed E-state index contributed by atoms with van der Waals surface area (Å²) in [6.07, 6.45) is 2.51. The summed E-state index contributed by atoms with van der Waals surface area (Å²) >= 11 is 0. The lowest BCUT2D eigenvalue weighted by atomic mass is 10.0. The van der Waals surface area contributed by atoms with E-state index in [-0.39, 0.29) is 5.56 Å². The van der Waals surface area contributed by atoms with Crippen LogP contribution in [0.15, 0.2) is 30.5 Å². The molecular weight excluding hydrogens is 218 g/mol. The number of carbonyl (C=O) groups excluding carboxylic acids is 1. The topological polar surface area (TPSA) is 70.2 Å². The molecule has 0 bridgehead atoms. The van der Waals surface area contributed by atoms with Crippen molar-refractivity contribution in [1.29, 1.82) is 0 Å². The number of aromatic carboxylic acids is 1. The number of carbonyl (C=O) groups is 2. The van der Waals surface area contributed by atoms with Gasteiger partial charge in [-0.15, -0.1) is 0 Å². The Morgan fingerprint density at radius 2 is 1.94 bits per heavy atom. The number of H-pyrrole nitrogens is 1. The van der Waals surface area contributed by atoms with Crippen molar-refractivity contribution in [2.45, 2.75) is 6.92 Å². The average molecular weight is 229 g/mol. The molecule has 86 valence electrons. The first-order chi connectivity index (χ1) is 8.13. The van der Waals surface area contributed by atoms with E-state index >= 15 is 0 Å². The number of nitrogens with one attached hydrogen (secondary N) is 1. The third-order valence-corrected chi connectivity index (χ3v) is 2.74. The zero-order valence-electron chi connectivity index (χ0n) is 9.23. The monoisotopic (exact) mass is 229 g/mol. The fourth-order valence-electron chi connectivity index (χ4n) is 1.73. The molecule has 0 aliphatic heterocycles. The average Bonchev–Trinajstić information content (AvgIpc) is 2.70. The first-order valence-electron chi connectivity index (χ1n) is 5.10. The van der Waals surface area contributed by atoms with Gasteiger partial charge in [0.25, 0.3) is 0 Å². The molecule has 0 fully saturated rings. The molecule has 0 aliphatic rings. The summed E-state index contributed by atoms with van der Waals surface area (Å²) in [5.41, 5.74) is 3.45. The molecule has 2 N–H and O–H groups in total. The molecular formula is C13H11NO3. The van der Waals surface area contributed by atoms with Gasteiger partial charge in [0, 0.05) is 11.8 Å². The van der Waals surface area contributed by atoms with Gasteiger partial charge in [-0.25, -0.2) is 4.79 Å². The molecule has 4 heteroatoms. The van der Waals surface area contributed by atoms with Gasteiger partial charge in [-0.1, -0.05) is 12.1 Å². The van der Waals surface area contributed by atoms with Crippen LogP contribution in [0.25, 0.3) is 11.1 Å². The highest BCUT2D eigenvalue weighted by Crippen LogP contribution is 2.25. The van der Waals surface area contributed by atoms with Gasteiger partial charge in [0.2, 0.25) is 0 Å². The van der Waals surface area contributed by atoms with Gasteiger partial charge in [0.15, 0.2) is 6.29 Å². The number of carboxylic acids is 1. The summed E-state index contributed by atoms with van der Waals surface area (Å²) in [6, 6.07) is 6.55. The van der Waals surface area contributed by atoms with Crippen molar-refractivity contribution in [3.63, 3.8) is 0 Å². The number of aromatic nitrogens is 1. The fourth-order valence-corrected chi connectivity index (χ4v) is 1.73. The number of aldehydes is 1. The molecule has 0 radical (unpaired) electrons. The number of hydrogen-bond acceptors (Lipinski definition) is 2. The summed E-state index contributed by atoms with van der Waals surface area (Å²) in [5.74, 6) is -0.948. The molecule has 0 saturated carbocycles. The van der Waals surface area contributed by atoms with E-state index in [2.05, 4.69) is 4.98 Å². The predicted molar refractivity (Wildman–Crippen MR) is 63.3 cm³/mol. The molecule has 2 aromatic rings. The third kappa shape index (κ3) is 1.97. The second kappa shape index (κ2) is 4.25. The van der Waals surface area contributed by atoms with Gasteiger partial charge in [0.1, 0.15) is 0 Å². The standard InChI is InChI=1S/C13H11NO3/c1-8-11(6-14-12(8)7-15)9-2-4-10(5-3-9)13(16)17/h2-7,14H,1H3,(H,16,17). The summed E-state index contributed by atoms with van der Waals surface area (Å²) in [4.78, 5) is 24.3. The van der Waals surface area contributed by atoms with Crippen molar-refractivity contribution >= 4 is 12.3 Å². The van der Waals surface area contributed by atoms with Crippen molar-refractivity contribution < 1.29 is 14.7 Å². The lowest BCUT2D eigenvalue weighted by Gasteiger charge is -2.01. The second-order valence-electron chi connectivity index (χ2n) is 3.74. The minimum atomic E-state index is -0.948. The predicted octanol–water partition coefficient (Wildman–Crippen LogP) is 2.50. The van der Waals surface area contributed by atoms with Crippen LogP contribution in [0.3, 0.4) is 0 Å².